The first-order valence-corrected chi connectivity index (χ1v) is 7.75. The predicted octanol–water partition coefficient (Wildman–Crippen LogP) is 4.74. The maximum atomic E-state index is 2.53. The summed E-state index contributed by atoms with van der Waals surface area (Å²) in [5, 5.41) is 1.04. The first kappa shape index (κ1) is 12.3. The van der Waals surface area contributed by atoms with Gasteiger partial charge in [-0.3, -0.25) is 0 Å². The van der Waals surface area contributed by atoms with E-state index in [-0.39, 0.29) is 8.80 Å². The molecule has 1 aliphatic heterocycles. The molecule has 0 aromatic carbocycles. The number of hydrogen-bond donors (Lipinski definition) is 0. The highest BCUT2D eigenvalue weighted by atomic mass is 28.3. The highest BCUT2D eigenvalue weighted by Gasteiger charge is 2.66. The van der Waals surface area contributed by atoms with Gasteiger partial charge in [0.15, 0.2) is 0 Å². The molecule has 0 aromatic heterocycles. The molecule has 0 saturated carbocycles. The largest absolute Gasteiger partial charge is 0.0702 e. The zero-order chi connectivity index (χ0) is 11.6. The van der Waals surface area contributed by atoms with Gasteiger partial charge >= 0.3 is 0 Å². The van der Waals surface area contributed by atoms with Gasteiger partial charge in [0.1, 0.15) is 0 Å². The van der Waals surface area contributed by atoms with Crippen LogP contribution in [0, 0.1) is 10.8 Å². The number of rotatable bonds is 0. The lowest BCUT2D eigenvalue weighted by molar-refractivity contribution is 0.0633. The van der Waals surface area contributed by atoms with Gasteiger partial charge in [0, 0.05) is 0 Å². The van der Waals surface area contributed by atoms with E-state index >= 15 is 0 Å². The highest BCUT2D eigenvalue weighted by molar-refractivity contribution is 6.65. The molecular formula is C13H27Si. The minimum Gasteiger partial charge on any atom is -0.0702 e. The van der Waals surface area contributed by atoms with Gasteiger partial charge in [0.25, 0.3) is 0 Å². The fourth-order valence-electron chi connectivity index (χ4n) is 3.28. The molecule has 83 valence electrons. The van der Waals surface area contributed by atoms with E-state index < -0.39 is 0 Å². The normalized spacial score (nSPS) is 33.2. The molecule has 0 unspecified atom stereocenters. The van der Waals surface area contributed by atoms with Crippen LogP contribution in [0.15, 0.2) is 0 Å². The van der Waals surface area contributed by atoms with Crippen molar-refractivity contribution in [2.45, 2.75) is 72.0 Å². The fraction of sp³-hybridized carbons (Fsp3) is 1.00. The standard InChI is InChI=1S/C13H27Si/c1-10(2)11(3,4)13(7,8)14(9)12(10,5)6/h1-9H3. The van der Waals surface area contributed by atoms with E-state index in [0.29, 0.717) is 20.9 Å². The van der Waals surface area contributed by atoms with Crippen LogP contribution >= 0.6 is 0 Å². The maximum absolute atomic E-state index is 2.53. The molecule has 1 heterocycles. The summed E-state index contributed by atoms with van der Waals surface area (Å²) in [6.07, 6.45) is 0. The van der Waals surface area contributed by atoms with E-state index in [4.69, 9.17) is 0 Å². The Morgan fingerprint density at radius 3 is 0.857 bits per heavy atom. The van der Waals surface area contributed by atoms with Crippen molar-refractivity contribution < 1.29 is 0 Å². The van der Waals surface area contributed by atoms with Crippen LogP contribution < -0.4 is 0 Å². The molecule has 1 heteroatoms. The van der Waals surface area contributed by atoms with Crippen molar-refractivity contribution in [3.8, 4) is 0 Å². The number of hydrogen-bond acceptors (Lipinski definition) is 0. The zero-order valence-corrected chi connectivity index (χ0v) is 12.5. The van der Waals surface area contributed by atoms with Crippen molar-refractivity contribution in [3.63, 3.8) is 0 Å². The van der Waals surface area contributed by atoms with Crippen LogP contribution in [0.3, 0.4) is 0 Å². The third-order valence-electron chi connectivity index (χ3n) is 6.56. The van der Waals surface area contributed by atoms with E-state index in [2.05, 4.69) is 61.9 Å². The molecule has 0 aromatic rings. The Kier molecular flexibility index (Phi) is 2.34. The molecule has 0 aliphatic carbocycles. The summed E-state index contributed by atoms with van der Waals surface area (Å²) in [5.41, 5.74) is 0.874. The zero-order valence-electron chi connectivity index (χ0n) is 11.5. The van der Waals surface area contributed by atoms with Crippen LogP contribution in [0.25, 0.3) is 0 Å². The van der Waals surface area contributed by atoms with Crippen molar-refractivity contribution in [2.75, 3.05) is 0 Å². The summed E-state index contributed by atoms with van der Waals surface area (Å²) in [6, 6.07) is 0. The third kappa shape index (κ3) is 0.999. The van der Waals surface area contributed by atoms with Gasteiger partial charge in [0.2, 0.25) is 0 Å². The average Bonchev–Trinajstić information content (AvgIpc) is 2.05. The summed E-state index contributed by atoms with van der Waals surface area (Å²) in [7, 11) is -0.323. The molecule has 0 spiro atoms. The molecule has 1 aliphatic rings. The molecule has 14 heavy (non-hydrogen) atoms. The molecule has 0 atom stereocenters. The summed E-state index contributed by atoms with van der Waals surface area (Å²) < 4.78 is 0. The second kappa shape index (κ2) is 2.66. The predicted molar refractivity (Wildman–Crippen MR) is 67.3 cm³/mol. The second-order valence-corrected chi connectivity index (χ2v) is 10.9. The Balaban J connectivity index is 3.38. The van der Waals surface area contributed by atoms with Crippen molar-refractivity contribution in [2.24, 2.45) is 10.8 Å². The second-order valence-electron chi connectivity index (χ2n) is 7.12. The summed E-state index contributed by atoms with van der Waals surface area (Å²) >= 11 is 0. The monoisotopic (exact) mass is 211 g/mol. The SMILES string of the molecule is C[Si]1C(C)(C)C(C)(C)C(C)(C)C1(C)C. The Labute approximate surface area is 92.1 Å². The van der Waals surface area contributed by atoms with E-state index in [0.717, 1.165) is 0 Å². The molecule has 0 nitrogen and oxygen atoms in total. The van der Waals surface area contributed by atoms with Gasteiger partial charge in [-0.15, -0.1) is 0 Å². The minimum absolute atomic E-state index is 0.323. The Morgan fingerprint density at radius 2 is 0.786 bits per heavy atom. The van der Waals surface area contributed by atoms with Crippen LogP contribution in [0.4, 0.5) is 0 Å². The highest BCUT2D eigenvalue weighted by Crippen LogP contribution is 2.75. The Morgan fingerprint density at radius 1 is 0.571 bits per heavy atom. The van der Waals surface area contributed by atoms with Crippen LogP contribution in [-0.4, -0.2) is 8.80 Å². The Bertz CT molecular complexity index is 220. The van der Waals surface area contributed by atoms with Crippen LogP contribution in [0.1, 0.15) is 55.4 Å². The van der Waals surface area contributed by atoms with E-state index in [9.17, 15) is 0 Å². The summed E-state index contributed by atoms with van der Waals surface area (Å²) in [4.78, 5) is 0. The molecule has 1 fully saturated rings. The van der Waals surface area contributed by atoms with Crippen molar-refractivity contribution >= 4 is 8.80 Å². The molecule has 1 saturated heterocycles. The van der Waals surface area contributed by atoms with E-state index in [1.54, 1.807) is 0 Å². The third-order valence-corrected chi connectivity index (χ3v) is 11.6. The van der Waals surface area contributed by atoms with Crippen molar-refractivity contribution in [1.82, 2.24) is 0 Å². The molecule has 0 amide bonds. The van der Waals surface area contributed by atoms with Crippen LogP contribution in [0.5, 0.6) is 0 Å². The quantitative estimate of drug-likeness (QED) is 0.508. The van der Waals surface area contributed by atoms with Crippen molar-refractivity contribution in [3.05, 3.63) is 0 Å². The molecule has 0 bridgehead atoms. The van der Waals surface area contributed by atoms with Gasteiger partial charge in [-0.25, -0.2) is 0 Å². The van der Waals surface area contributed by atoms with Crippen LogP contribution in [-0.2, 0) is 0 Å². The minimum atomic E-state index is -0.323. The van der Waals surface area contributed by atoms with E-state index in [1.165, 1.54) is 0 Å². The molecular weight excluding hydrogens is 184 g/mol. The smallest absolute Gasteiger partial charge is 0.0578 e. The fourth-order valence-corrected chi connectivity index (χ4v) is 7.34. The first-order chi connectivity index (χ1) is 5.90. The summed E-state index contributed by atoms with van der Waals surface area (Å²) in [6.45, 7) is 22.3. The molecule has 0 N–H and O–H groups in total. The van der Waals surface area contributed by atoms with Crippen molar-refractivity contribution in [1.29, 1.82) is 0 Å². The first-order valence-electron chi connectivity index (χ1n) is 5.75. The van der Waals surface area contributed by atoms with Gasteiger partial charge < -0.3 is 0 Å². The lowest BCUT2D eigenvalue weighted by Gasteiger charge is -2.47. The van der Waals surface area contributed by atoms with Crippen LogP contribution in [0.2, 0.25) is 16.6 Å². The van der Waals surface area contributed by atoms with Gasteiger partial charge in [-0.2, -0.15) is 0 Å². The molecule has 1 rings (SSSR count). The van der Waals surface area contributed by atoms with E-state index in [1.807, 2.05) is 0 Å². The topological polar surface area (TPSA) is 0 Å². The van der Waals surface area contributed by atoms with Gasteiger partial charge in [-0.1, -0.05) is 61.9 Å². The lowest BCUT2D eigenvalue weighted by Crippen LogP contribution is -2.36. The Hall–Kier alpha value is 0.217. The maximum Gasteiger partial charge on any atom is 0.0578 e. The lowest BCUT2D eigenvalue weighted by atomic mass is 9.57. The molecule has 1 radical (unpaired) electrons. The van der Waals surface area contributed by atoms with Gasteiger partial charge in [0.05, 0.1) is 8.80 Å². The summed E-state index contributed by atoms with van der Waals surface area (Å²) in [5.74, 6) is 0. The average molecular weight is 211 g/mol. The van der Waals surface area contributed by atoms with Gasteiger partial charge in [-0.05, 0) is 20.9 Å².